The lowest BCUT2D eigenvalue weighted by Gasteiger charge is -2.32. The molecule has 0 saturated heterocycles. The van der Waals surface area contributed by atoms with Gasteiger partial charge < -0.3 is 10.2 Å². The van der Waals surface area contributed by atoms with Crippen molar-refractivity contribution in [2.24, 2.45) is 0 Å². The number of aryl methyl sites for hydroxylation is 1. The number of rotatable bonds is 12. The van der Waals surface area contributed by atoms with Crippen LogP contribution < -0.4 is 9.62 Å². The number of anilines is 1. The van der Waals surface area contributed by atoms with E-state index in [0.717, 1.165) is 22.7 Å². The van der Waals surface area contributed by atoms with Crippen molar-refractivity contribution < 1.29 is 22.4 Å². The van der Waals surface area contributed by atoms with Crippen LogP contribution in [0.3, 0.4) is 0 Å². The van der Waals surface area contributed by atoms with Crippen LogP contribution in [0.15, 0.2) is 71.6 Å². The van der Waals surface area contributed by atoms with Crippen molar-refractivity contribution >= 4 is 50.7 Å². The average molecular weight is 609 g/mol. The molecule has 2 amide bonds. The van der Waals surface area contributed by atoms with E-state index in [-0.39, 0.29) is 33.1 Å². The zero-order valence-corrected chi connectivity index (χ0v) is 24.9. The van der Waals surface area contributed by atoms with Crippen molar-refractivity contribution in [3.05, 3.63) is 93.7 Å². The van der Waals surface area contributed by atoms with Crippen molar-refractivity contribution in [3.8, 4) is 0 Å². The third kappa shape index (κ3) is 8.19. The molecule has 1 atom stereocenters. The zero-order valence-electron chi connectivity index (χ0n) is 22.5. The number of sulfonamides is 1. The summed E-state index contributed by atoms with van der Waals surface area (Å²) < 4.78 is 42.2. The molecular weight excluding hydrogens is 576 g/mol. The third-order valence-electron chi connectivity index (χ3n) is 6.29. The summed E-state index contributed by atoms with van der Waals surface area (Å²) in [4.78, 5) is 28.1. The number of benzene rings is 3. The second-order valence-electron chi connectivity index (χ2n) is 9.42. The van der Waals surface area contributed by atoms with Crippen molar-refractivity contribution in [1.82, 2.24) is 10.2 Å². The van der Waals surface area contributed by atoms with E-state index >= 15 is 0 Å². The van der Waals surface area contributed by atoms with Crippen LogP contribution in [0.1, 0.15) is 37.8 Å². The van der Waals surface area contributed by atoms with Gasteiger partial charge >= 0.3 is 0 Å². The van der Waals surface area contributed by atoms with E-state index in [0.29, 0.717) is 12.1 Å². The molecule has 1 unspecified atom stereocenters. The van der Waals surface area contributed by atoms with Crippen molar-refractivity contribution in [2.45, 2.75) is 51.1 Å². The lowest BCUT2D eigenvalue weighted by molar-refractivity contribution is -0.139. The number of nitrogens with zero attached hydrogens (tertiary/aromatic N) is 2. The van der Waals surface area contributed by atoms with Gasteiger partial charge in [0.25, 0.3) is 10.0 Å². The molecule has 3 rings (SSSR count). The first-order chi connectivity index (χ1) is 18.9. The van der Waals surface area contributed by atoms with E-state index < -0.39 is 34.3 Å². The van der Waals surface area contributed by atoms with Gasteiger partial charge in [0, 0.05) is 23.1 Å². The first kappa shape index (κ1) is 31.4. The highest BCUT2D eigenvalue weighted by Crippen LogP contribution is 2.30. The molecule has 7 nitrogen and oxygen atoms in total. The molecule has 40 heavy (non-hydrogen) atoms. The molecule has 0 saturated carbocycles. The summed E-state index contributed by atoms with van der Waals surface area (Å²) in [5, 5.41) is 3.19. The topological polar surface area (TPSA) is 86.8 Å². The van der Waals surface area contributed by atoms with Gasteiger partial charge in [-0.3, -0.25) is 13.9 Å². The predicted molar refractivity (Wildman–Crippen MR) is 157 cm³/mol. The first-order valence-corrected chi connectivity index (χ1v) is 15.0. The highest BCUT2D eigenvalue weighted by molar-refractivity contribution is 7.92. The Balaban J connectivity index is 2.03. The van der Waals surface area contributed by atoms with E-state index in [2.05, 4.69) is 5.32 Å². The Morgan fingerprint density at radius 1 is 0.975 bits per heavy atom. The molecule has 0 aliphatic heterocycles. The summed E-state index contributed by atoms with van der Waals surface area (Å²) in [5.74, 6) is -1.47. The van der Waals surface area contributed by atoms with Crippen molar-refractivity contribution in [3.63, 3.8) is 0 Å². The fraction of sp³-hybridized carbons (Fsp3) is 0.310. The number of halogens is 3. The van der Waals surface area contributed by atoms with Crippen LogP contribution in [-0.4, -0.2) is 44.3 Å². The Bertz CT molecular complexity index is 1410. The predicted octanol–water partition coefficient (Wildman–Crippen LogP) is 5.97. The summed E-state index contributed by atoms with van der Waals surface area (Å²) in [7, 11) is -4.26. The fourth-order valence-corrected chi connectivity index (χ4v) is 5.87. The SMILES string of the molecule is CCCCNC(=O)C(C)N(Cc1ccc(F)cc1)C(=O)CN(c1cc(Cl)cc(Cl)c1)S(=O)(=O)c1ccc(C)cc1. The second-order valence-corrected chi connectivity index (χ2v) is 12.2. The van der Waals surface area contributed by atoms with Crippen LogP contribution in [0.25, 0.3) is 0 Å². The van der Waals surface area contributed by atoms with Crippen LogP contribution in [0, 0.1) is 12.7 Å². The molecule has 0 aliphatic rings. The first-order valence-electron chi connectivity index (χ1n) is 12.8. The number of amides is 2. The summed E-state index contributed by atoms with van der Waals surface area (Å²) >= 11 is 12.4. The van der Waals surface area contributed by atoms with Gasteiger partial charge in [-0.05, 0) is 68.3 Å². The van der Waals surface area contributed by atoms with Crippen LogP contribution >= 0.6 is 23.2 Å². The molecule has 3 aromatic rings. The van der Waals surface area contributed by atoms with Crippen molar-refractivity contribution in [1.29, 1.82) is 0 Å². The summed E-state index contributed by atoms with van der Waals surface area (Å²) in [6.45, 7) is 5.14. The highest BCUT2D eigenvalue weighted by Gasteiger charge is 2.32. The smallest absolute Gasteiger partial charge is 0.264 e. The lowest BCUT2D eigenvalue weighted by Crippen LogP contribution is -2.51. The Morgan fingerprint density at radius 2 is 1.57 bits per heavy atom. The molecule has 0 aromatic heterocycles. The molecule has 0 bridgehead atoms. The minimum Gasteiger partial charge on any atom is -0.354 e. The Labute approximate surface area is 244 Å². The minimum atomic E-state index is -4.26. The summed E-state index contributed by atoms with van der Waals surface area (Å²) in [5.41, 5.74) is 1.52. The van der Waals surface area contributed by atoms with Crippen LogP contribution in [0.4, 0.5) is 10.1 Å². The zero-order chi connectivity index (χ0) is 29.4. The van der Waals surface area contributed by atoms with E-state index in [1.807, 2.05) is 13.8 Å². The number of nitrogens with one attached hydrogen (secondary N) is 1. The molecule has 0 radical (unpaired) electrons. The molecule has 214 valence electrons. The van der Waals surface area contributed by atoms with Gasteiger partial charge in [-0.15, -0.1) is 0 Å². The molecular formula is C29H32Cl2FN3O4S. The van der Waals surface area contributed by atoms with E-state index in [4.69, 9.17) is 23.2 Å². The minimum absolute atomic E-state index is 0.0301. The number of hydrogen-bond donors (Lipinski definition) is 1. The van der Waals surface area contributed by atoms with Gasteiger partial charge in [-0.1, -0.05) is 66.4 Å². The molecule has 3 aromatic carbocycles. The van der Waals surface area contributed by atoms with E-state index in [9.17, 15) is 22.4 Å². The Hall–Kier alpha value is -3.14. The Kier molecular flexibility index (Phi) is 11.0. The normalized spacial score (nSPS) is 12.1. The van der Waals surface area contributed by atoms with Crippen LogP contribution in [-0.2, 0) is 26.2 Å². The van der Waals surface area contributed by atoms with Gasteiger partial charge in [-0.25, -0.2) is 12.8 Å². The van der Waals surface area contributed by atoms with E-state index in [1.54, 1.807) is 19.1 Å². The van der Waals surface area contributed by atoms with Gasteiger partial charge in [0.15, 0.2) is 0 Å². The standard InChI is InChI=1S/C29H32Cl2FN3O4S/c1-4-5-14-33-29(37)21(3)34(18-22-8-10-25(32)11-9-22)28(36)19-35(26-16-23(30)15-24(31)17-26)40(38,39)27-12-6-20(2)7-13-27/h6-13,15-17,21H,4-5,14,18-19H2,1-3H3,(H,33,37). The van der Waals surface area contributed by atoms with Crippen molar-refractivity contribution in [2.75, 3.05) is 17.4 Å². The maximum Gasteiger partial charge on any atom is 0.264 e. The van der Waals surface area contributed by atoms with Gasteiger partial charge in [0.05, 0.1) is 10.6 Å². The third-order valence-corrected chi connectivity index (χ3v) is 8.51. The molecule has 0 aliphatic carbocycles. The van der Waals surface area contributed by atoms with E-state index in [1.165, 1.54) is 59.5 Å². The van der Waals surface area contributed by atoms with Gasteiger partial charge in [0.1, 0.15) is 18.4 Å². The molecule has 1 N–H and O–H groups in total. The second kappa shape index (κ2) is 14.0. The molecule has 0 heterocycles. The number of carbonyl (C=O) groups excluding carboxylic acids is 2. The van der Waals surface area contributed by atoms with Gasteiger partial charge in [-0.2, -0.15) is 0 Å². The van der Waals surface area contributed by atoms with Crippen LogP contribution in [0.5, 0.6) is 0 Å². The quantitative estimate of drug-likeness (QED) is 0.257. The largest absolute Gasteiger partial charge is 0.354 e. The molecule has 0 fully saturated rings. The summed E-state index contributed by atoms with van der Waals surface area (Å²) in [6, 6.07) is 15.1. The maximum atomic E-state index is 13.9. The van der Waals surface area contributed by atoms with Gasteiger partial charge in [0.2, 0.25) is 11.8 Å². The maximum absolute atomic E-state index is 13.9. The monoisotopic (exact) mass is 607 g/mol. The number of hydrogen-bond acceptors (Lipinski definition) is 4. The highest BCUT2D eigenvalue weighted by atomic mass is 35.5. The number of unbranched alkanes of at least 4 members (excludes halogenated alkanes) is 1. The Morgan fingerprint density at radius 3 is 2.15 bits per heavy atom. The van der Waals surface area contributed by atoms with Crippen LogP contribution in [0.2, 0.25) is 10.0 Å². The molecule has 0 spiro atoms. The number of carbonyl (C=O) groups is 2. The lowest BCUT2D eigenvalue weighted by atomic mass is 10.1. The molecule has 11 heteroatoms. The summed E-state index contributed by atoms with van der Waals surface area (Å²) in [6.07, 6.45) is 1.64. The fourth-order valence-electron chi connectivity index (χ4n) is 3.95. The average Bonchev–Trinajstić information content (AvgIpc) is 2.90.